The van der Waals surface area contributed by atoms with E-state index in [-0.39, 0.29) is 37.0 Å². The number of carbonyl (C=O) groups excluding carboxylic acids is 1. The summed E-state index contributed by atoms with van der Waals surface area (Å²) in [4.78, 5) is 37.7. The van der Waals surface area contributed by atoms with Gasteiger partial charge in [0.05, 0.1) is 17.5 Å². The highest BCUT2D eigenvalue weighted by Crippen LogP contribution is 2.13. The van der Waals surface area contributed by atoms with Crippen LogP contribution < -0.4 is 5.69 Å². The molecule has 1 N–H and O–H groups in total. The van der Waals surface area contributed by atoms with Crippen LogP contribution in [0.5, 0.6) is 0 Å². The number of rotatable bonds is 8. The van der Waals surface area contributed by atoms with Crippen molar-refractivity contribution >= 4 is 22.9 Å². The smallest absolute Gasteiger partial charge is 0.329 e. The molecule has 0 aliphatic carbocycles. The molecule has 0 aliphatic rings. The number of hydrogen-bond acceptors (Lipinski definition) is 3. The molecule has 0 spiro atoms. The Morgan fingerprint density at radius 2 is 1.76 bits per heavy atom. The molecule has 136 valence electrons. The van der Waals surface area contributed by atoms with Crippen LogP contribution in [0.15, 0.2) is 29.1 Å². The molecule has 1 heterocycles. The molecular weight excluding hydrogens is 322 g/mol. The Kier molecular flexibility index (Phi) is 6.01. The first-order valence-corrected chi connectivity index (χ1v) is 8.52. The van der Waals surface area contributed by atoms with E-state index in [1.54, 1.807) is 4.57 Å². The average Bonchev–Trinajstić information content (AvgIpc) is 2.82. The van der Waals surface area contributed by atoms with E-state index in [9.17, 15) is 14.4 Å². The van der Waals surface area contributed by atoms with Crippen molar-refractivity contribution in [3.63, 3.8) is 0 Å². The third-order valence-electron chi connectivity index (χ3n) is 4.07. The summed E-state index contributed by atoms with van der Waals surface area (Å²) in [5.74, 6) is -0.969. The van der Waals surface area contributed by atoms with Gasteiger partial charge in [0.1, 0.15) is 6.54 Å². The van der Waals surface area contributed by atoms with Gasteiger partial charge in [-0.1, -0.05) is 26.0 Å². The number of hydrogen-bond donors (Lipinski definition) is 1. The number of imidazole rings is 1. The third-order valence-corrected chi connectivity index (χ3v) is 4.07. The maximum atomic E-state index is 12.7. The Balaban J connectivity index is 2.31. The maximum absolute atomic E-state index is 12.7. The first kappa shape index (κ1) is 18.8. The van der Waals surface area contributed by atoms with E-state index < -0.39 is 5.97 Å². The number of benzene rings is 1. The van der Waals surface area contributed by atoms with Crippen molar-refractivity contribution in [1.29, 1.82) is 0 Å². The van der Waals surface area contributed by atoms with Crippen LogP contribution in [0.25, 0.3) is 11.0 Å². The summed E-state index contributed by atoms with van der Waals surface area (Å²) in [7, 11) is 0. The lowest BCUT2D eigenvalue weighted by Gasteiger charge is -2.24. The highest BCUT2D eigenvalue weighted by Gasteiger charge is 2.20. The molecule has 0 bridgehead atoms. The Morgan fingerprint density at radius 1 is 1.16 bits per heavy atom. The van der Waals surface area contributed by atoms with Crippen molar-refractivity contribution in [3.05, 3.63) is 34.7 Å². The first-order valence-electron chi connectivity index (χ1n) is 8.52. The molecule has 0 saturated carbocycles. The number of aryl methyl sites for hydroxylation is 1. The largest absolute Gasteiger partial charge is 0.481 e. The highest BCUT2D eigenvalue weighted by atomic mass is 16.4. The number of carboxylic acid groups (broad SMARTS) is 1. The summed E-state index contributed by atoms with van der Waals surface area (Å²) >= 11 is 0. The van der Waals surface area contributed by atoms with Crippen LogP contribution in [0, 0.1) is 5.92 Å². The Labute approximate surface area is 146 Å². The van der Waals surface area contributed by atoms with Crippen molar-refractivity contribution in [2.45, 2.75) is 40.3 Å². The second kappa shape index (κ2) is 8.00. The van der Waals surface area contributed by atoms with Gasteiger partial charge < -0.3 is 10.0 Å². The lowest BCUT2D eigenvalue weighted by Crippen LogP contribution is -2.40. The zero-order chi connectivity index (χ0) is 18.6. The molecule has 2 aromatic rings. The van der Waals surface area contributed by atoms with Gasteiger partial charge in [0.2, 0.25) is 5.91 Å². The zero-order valence-corrected chi connectivity index (χ0v) is 14.9. The molecule has 0 saturated heterocycles. The lowest BCUT2D eigenvalue weighted by atomic mass is 10.2. The fourth-order valence-corrected chi connectivity index (χ4v) is 2.96. The van der Waals surface area contributed by atoms with Crippen molar-refractivity contribution in [2.75, 3.05) is 13.1 Å². The summed E-state index contributed by atoms with van der Waals surface area (Å²) in [6, 6.07) is 7.37. The fourth-order valence-electron chi connectivity index (χ4n) is 2.96. The van der Waals surface area contributed by atoms with E-state index in [0.717, 1.165) is 5.52 Å². The van der Waals surface area contributed by atoms with Gasteiger partial charge in [-0.25, -0.2) is 4.79 Å². The van der Waals surface area contributed by atoms with Crippen molar-refractivity contribution in [2.24, 2.45) is 5.92 Å². The van der Waals surface area contributed by atoms with Crippen LogP contribution in [-0.2, 0) is 22.7 Å². The van der Waals surface area contributed by atoms with E-state index >= 15 is 0 Å². The molecule has 0 aliphatic heterocycles. The molecule has 7 heteroatoms. The summed E-state index contributed by atoms with van der Waals surface area (Å²) < 4.78 is 3.10. The summed E-state index contributed by atoms with van der Waals surface area (Å²) in [5, 5.41) is 8.89. The number of nitrogens with zero attached hydrogens (tertiary/aromatic N) is 3. The number of carbonyl (C=O) groups is 2. The van der Waals surface area contributed by atoms with Crippen molar-refractivity contribution < 1.29 is 14.7 Å². The van der Waals surface area contributed by atoms with Crippen LogP contribution in [0.1, 0.15) is 27.2 Å². The molecule has 7 nitrogen and oxygen atoms in total. The minimum absolute atomic E-state index is 0.0846. The maximum Gasteiger partial charge on any atom is 0.329 e. The van der Waals surface area contributed by atoms with Gasteiger partial charge in [-0.05, 0) is 25.0 Å². The Morgan fingerprint density at radius 3 is 2.28 bits per heavy atom. The molecule has 1 aromatic heterocycles. The molecule has 1 amide bonds. The van der Waals surface area contributed by atoms with Crippen molar-refractivity contribution in [1.82, 2.24) is 14.0 Å². The minimum atomic E-state index is -0.943. The third kappa shape index (κ3) is 4.29. The Bertz CT molecular complexity index is 819. The molecule has 0 fully saturated rings. The summed E-state index contributed by atoms with van der Waals surface area (Å²) in [5.41, 5.74) is 1.29. The monoisotopic (exact) mass is 347 g/mol. The van der Waals surface area contributed by atoms with E-state index in [2.05, 4.69) is 0 Å². The van der Waals surface area contributed by atoms with E-state index in [1.807, 2.05) is 45.0 Å². The van der Waals surface area contributed by atoms with Gasteiger partial charge in [0.25, 0.3) is 0 Å². The fraction of sp³-hybridized carbons (Fsp3) is 0.500. The van der Waals surface area contributed by atoms with E-state index in [0.29, 0.717) is 18.6 Å². The zero-order valence-electron chi connectivity index (χ0n) is 14.9. The number of fused-ring (bicyclic) bond motifs is 1. The first-order chi connectivity index (χ1) is 11.8. The molecular formula is C18H25N3O4. The average molecular weight is 347 g/mol. The topological polar surface area (TPSA) is 84.5 Å². The van der Waals surface area contributed by atoms with Gasteiger partial charge in [-0.2, -0.15) is 0 Å². The number of amides is 1. The Hall–Kier alpha value is -2.57. The highest BCUT2D eigenvalue weighted by molar-refractivity contribution is 5.81. The SMILES string of the molecule is CCn1c(=O)n(CC(=O)N(CCC(=O)O)CC(C)C)c2ccccc21. The van der Waals surface area contributed by atoms with E-state index in [4.69, 9.17) is 5.11 Å². The van der Waals surface area contributed by atoms with Gasteiger partial charge in [-0.15, -0.1) is 0 Å². The predicted octanol–water partition coefficient (Wildman–Crippen LogP) is 1.78. The second-order valence-corrected chi connectivity index (χ2v) is 6.48. The summed E-state index contributed by atoms with van der Waals surface area (Å²) in [6.07, 6.45) is -0.107. The second-order valence-electron chi connectivity index (χ2n) is 6.48. The van der Waals surface area contributed by atoms with E-state index in [1.165, 1.54) is 9.47 Å². The molecule has 1 aromatic carbocycles. The number of aliphatic carboxylic acids is 1. The van der Waals surface area contributed by atoms with Gasteiger partial charge in [0.15, 0.2) is 0 Å². The lowest BCUT2D eigenvalue weighted by molar-refractivity contribution is -0.138. The van der Waals surface area contributed by atoms with Crippen molar-refractivity contribution in [3.8, 4) is 0 Å². The number of aromatic nitrogens is 2. The predicted molar refractivity (Wildman–Crippen MR) is 95.5 cm³/mol. The quantitative estimate of drug-likeness (QED) is 0.789. The number of carboxylic acids is 1. The van der Waals surface area contributed by atoms with Gasteiger partial charge >= 0.3 is 11.7 Å². The standard InChI is InChI=1S/C18H25N3O4/c1-4-20-14-7-5-6-8-15(14)21(18(20)25)12-16(22)19(11-13(2)3)10-9-17(23)24/h5-8,13H,4,9-12H2,1-3H3,(H,23,24). The van der Waals surface area contributed by atoms with Crippen LogP contribution in [0.2, 0.25) is 0 Å². The van der Waals surface area contributed by atoms with Crippen LogP contribution in [-0.4, -0.2) is 44.1 Å². The normalized spacial score (nSPS) is 11.2. The van der Waals surface area contributed by atoms with Crippen LogP contribution in [0.3, 0.4) is 0 Å². The van der Waals surface area contributed by atoms with Crippen LogP contribution in [0.4, 0.5) is 0 Å². The summed E-state index contributed by atoms with van der Waals surface area (Å²) in [6.45, 7) is 6.87. The molecule has 25 heavy (non-hydrogen) atoms. The molecule has 2 rings (SSSR count). The minimum Gasteiger partial charge on any atom is -0.481 e. The van der Waals surface area contributed by atoms with Gasteiger partial charge in [-0.3, -0.25) is 18.7 Å². The molecule has 0 unspecified atom stereocenters. The molecule has 0 radical (unpaired) electrons. The number of para-hydroxylation sites is 2. The van der Waals surface area contributed by atoms with Crippen LogP contribution >= 0.6 is 0 Å². The molecule has 0 atom stereocenters. The van der Waals surface area contributed by atoms with Gasteiger partial charge in [0, 0.05) is 19.6 Å².